The van der Waals surface area contributed by atoms with E-state index >= 15 is 0 Å². The highest BCUT2D eigenvalue weighted by molar-refractivity contribution is 9.10. The summed E-state index contributed by atoms with van der Waals surface area (Å²) < 4.78 is 6.25. The zero-order valence-corrected chi connectivity index (χ0v) is 20.1. The summed E-state index contributed by atoms with van der Waals surface area (Å²) in [4.78, 5) is 25.3. The Labute approximate surface area is 211 Å². The molecule has 4 aromatic rings. The Hall–Kier alpha value is -4.07. The highest BCUT2D eigenvalue weighted by atomic mass is 79.9. The van der Waals surface area contributed by atoms with E-state index in [0.717, 1.165) is 4.47 Å². The van der Waals surface area contributed by atoms with Crippen LogP contribution in [0.5, 0.6) is 5.75 Å². The van der Waals surface area contributed by atoms with Gasteiger partial charge in [0.25, 0.3) is 5.91 Å². The second-order valence-corrected chi connectivity index (χ2v) is 8.52. The summed E-state index contributed by atoms with van der Waals surface area (Å²) in [5.74, 6) is -0.778. The van der Waals surface area contributed by atoms with E-state index in [1.165, 1.54) is 6.21 Å². The van der Waals surface area contributed by atoms with E-state index in [1.807, 2.05) is 12.1 Å². The van der Waals surface area contributed by atoms with Crippen LogP contribution in [-0.4, -0.2) is 23.2 Å². The molecule has 0 unspecified atom stereocenters. The molecular weight excluding hydrogens is 508 g/mol. The lowest BCUT2D eigenvalue weighted by atomic mass is 9.85. The molecule has 1 amide bonds. The van der Waals surface area contributed by atoms with Crippen molar-refractivity contribution in [2.45, 2.75) is 5.60 Å². The Kier molecular flexibility index (Phi) is 7.50. The first-order chi connectivity index (χ1) is 17.0. The van der Waals surface area contributed by atoms with Crippen LogP contribution in [-0.2, 0) is 10.4 Å². The molecule has 0 aliphatic rings. The van der Waals surface area contributed by atoms with Crippen LogP contribution in [0.15, 0.2) is 119 Å². The van der Waals surface area contributed by atoms with Crippen LogP contribution >= 0.6 is 15.9 Å². The fraction of sp³-hybridized carbons (Fsp3) is 0.0357. The van der Waals surface area contributed by atoms with E-state index in [4.69, 9.17) is 4.74 Å². The largest absolute Gasteiger partial charge is 0.423 e. The third-order valence-electron chi connectivity index (χ3n) is 5.26. The SMILES string of the molecule is O=C(Oc1ccc(/C=N\NC(=O)C(O)(c2ccccc2)c2ccccc2)cc1)c1ccc(Br)cc1. The van der Waals surface area contributed by atoms with Gasteiger partial charge in [-0.15, -0.1) is 0 Å². The number of ether oxygens (including phenoxy) is 1. The summed E-state index contributed by atoms with van der Waals surface area (Å²) in [5.41, 5.74) is 2.47. The molecule has 0 heterocycles. The van der Waals surface area contributed by atoms with Gasteiger partial charge in [0.05, 0.1) is 11.8 Å². The topological polar surface area (TPSA) is 88.0 Å². The second-order valence-electron chi connectivity index (χ2n) is 7.61. The maximum atomic E-state index is 13.1. The maximum absolute atomic E-state index is 13.1. The number of halogens is 1. The fourth-order valence-electron chi connectivity index (χ4n) is 3.41. The van der Waals surface area contributed by atoms with Gasteiger partial charge in [-0.1, -0.05) is 76.6 Å². The molecule has 2 N–H and O–H groups in total. The summed E-state index contributed by atoms with van der Waals surface area (Å²) in [7, 11) is 0. The van der Waals surface area contributed by atoms with E-state index in [-0.39, 0.29) is 0 Å². The molecule has 0 radical (unpaired) electrons. The van der Waals surface area contributed by atoms with Crippen molar-refractivity contribution in [2.75, 3.05) is 0 Å². The number of benzene rings is 4. The first-order valence-corrected chi connectivity index (χ1v) is 11.5. The molecule has 0 fully saturated rings. The lowest BCUT2D eigenvalue weighted by Gasteiger charge is -2.27. The summed E-state index contributed by atoms with van der Waals surface area (Å²) in [6, 6.07) is 30.9. The van der Waals surface area contributed by atoms with Crippen molar-refractivity contribution in [3.05, 3.63) is 136 Å². The average molecular weight is 529 g/mol. The van der Waals surface area contributed by atoms with E-state index in [0.29, 0.717) is 28.0 Å². The number of hydrogen-bond donors (Lipinski definition) is 2. The van der Waals surface area contributed by atoms with E-state index in [2.05, 4.69) is 26.5 Å². The first-order valence-electron chi connectivity index (χ1n) is 10.7. The summed E-state index contributed by atoms with van der Waals surface area (Å²) in [6.07, 6.45) is 1.44. The van der Waals surface area contributed by atoms with Crippen molar-refractivity contribution in [3.8, 4) is 5.75 Å². The fourth-order valence-corrected chi connectivity index (χ4v) is 3.67. The van der Waals surface area contributed by atoms with Crippen molar-refractivity contribution in [1.29, 1.82) is 0 Å². The number of aliphatic hydroxyl groups is 1. The minimum atomic E-state index is -1.91. The summed E-state index contributed by atoms with van der Waals surface area (Å²) >= 11 is 3.33. The van der Waals surface area contributed by atoms with Crippen LogP contribution in [0.3, 0.4) is 0 Å². The van der Waals surface area contributed by atoms with Crippen LogP contribution in [0.1, 0.15) is 27.0 Å². The molecule has 6 nitrogen and oxygen atoms in total. The molecular formula is C28H21BrN2O4. The van der Waals surface area contributed by atoms with Gasteiger partial charge in [-0.05, 0) is 65.2 Å². The van der Waals surface area contributed by atoms with Gasteiger partial charge in [0.1, 0.15) is 5.75 Å². The van der Waals surface area contributed by atoms with Gasteiger partial charge in [-0.25, -0.2) is 10.2 Å². The third kappa shape index (κ3) is 5.71. The molecule has 0 spiro atoms. The third-order valence-corrected chi connectivity index (χ3v) is 5.79. The van der Waals surface area contributed by atoms with Crippen molar-refractivity contribution < 1.29 is 19.4 Å². The number of amides is 1. The number of nitrogens with zero attached hydrogens (tertiary/aromatic N) is 1. The number of carbonyl (C=O) groups is 2. The number of rotatable bonds is 7. The Balaban J connectivity index is 1.43. The molecule has 0 aliphatic carbocycles. The monoisotopic (exact) mass is 528 g/mol. The molecule has 0 aliphatic heterocycles. The van der Waals surface area contributed by atoms with Crippen LogP contribution < -0.4 is 10.2 Å². The lowest BCUT2D eigenvalue weighted by Crippen LogP contribution is -2.43. The quantitative estimate of drug-likeness (QED) is 0.152. The molecule has 0 saturated heterocycles. The van der Waals surface area contributed by atoms with Crippen LogP contribution in [0.2, 0.25) is 0 Å². The Morgan fingerprint density at radius 3 is 1.89 bits per heavy atom. The predicted molar refractivity (Wildman–Crippen MR) is 137 cm³/mol. The van der Waals surface area contributed by atoms with Crippen LogP contribution in [0.25, 0.3) is 0 Å². The van der Waals surface area contributed by atoms with Crippen molar-refractivity contribution >= 4 is 34.0 Å². The van der Waals surface area contributed by atoms with Crippen molar-refractivity contribution in [2.24, 2.45) is 5.10 Å². The Morgan fingerprint density at radius 2 is 1.34 bits per heavy atom. The minimum Gasteiger partial charge on any atom is -0.423 e. The molecule has 4 rings (SSSR count). The van der Waals surface area contributed by atoms with Crippen molar-refractivity contribution in [3.63, 3.8) is 0 Å². The Bertz CT molecular complexity index is 1280. The molecule has 4 aromatic carbocycles. The standard InChI is InChI=1S/C28H21BrN2O4/c29-24-15-13-21(14-16-24)26(32)35-25-17-11-20(12-18-25)19-30-31-27(33)28(34,22-7-3-1-4-8-22)23-9-5-2-6-10-23/h1-19,34H,(H,31,33)/b30-19-. The highest BCUT2D eigenvalue weighted by Gasteiger charge is 2.39. The summed E-state index contributed by atoms with van der Waals surface area (Å²) in [5, 5.41) is 15.4. The minimum absolute atomic E-state index is 0.377. The van der Waals surface area contributed by atoms with Gasteiger partial charge in [-0.3, -0.25) is 4.79 Å². The van der Waals surface area contributed by atoms with Gasteiger partial charge in [0, 0.05) is 4.47 Å². The predicted octanol–water partition coefficient (Wildman–Crippen LogP) is 5.05. The number of hydrazone groups is 1. The van der Waals surface area contributed by atoms with Gasteiger partial charge in [-0.2, -0.15) is 5.10 Å². The number of carbonyl (C=O) groups excluding carboxylic acids is 2. The number of esters is 1. The molecule has 0 bridgehead atoms. The Morgan fingerprint density at radius 1 is 0.800 bits per heavy atom. The van der Waals surface area contributed by atoms with Crippen LogP contribution in [0.4, 0.5) is 0 Å². The van der Waals surface area contributed by atoms with Crippen molar-refractivity contribution in [1.82, 2.24) is 5.43 Å². The zero-order chi connectivity index (χ0) is 24.7. The molecule has 7 heteroatoms. The molecule has 0 aromatic heterocycles. The maximum Gasteiger partial charge on any atom is 0.343 e. The average Bonchev–Trinajstić information content (AvgIpc) is 2.90. The molecule has 35 heavy (non-hydrogen) atoms. The van der Waals surface area contributed by atoms with Gasteiger partial charge in [0.15, 0.2) is 5.60 Å². The van der Waals surface area contributed by atoms with Gasteiger partial charge >= 0.3 is 5.97 Å². The van der Waals surface area contributed by atoms with Gasteiger partial charge < -0.3 is 9.84 Å². The summed E-state index contributed by atoms with van der Waals surface area (Å²) in [6.45, 7) is 0. The first kappa shape index (κ1) is 24.1. The van der Waals surface area contributed by atoms with Crippen LogP contribution in [0, 0.1) is 0 Å². The number of hydrogen-bond acceptors (Lipinski definition) is 5. The lowest BCUT2D eigenvalue weighted by molar-refractivity contribution is -0.136. The van der Waals surface area contributed by atoms with E-state index in [1.54, 1.807) is 97.1 Å². The molecule has 0 saturated carbocycles. The smallest absolute Gasteiger partial charge is 0.343 e. The highest BCUT2D eigenvalue weighted by Crippen LogP contribution is 2.29. The van der Waals surface area contributed by atoms with Gasteiger partial charge in [0.2, 0.25) is 0 Å². The van der Waals surface area contributed by atoms with E-state index in [9.17, 15) is 14.7 Å². The zero-order valence-electron chi connectivity index (χ0n) is 18.5. The van der Waals surface area contributed by atoms with E-state index < -0.39 is 17.5 Å². The number of nitrogens with one attached hydrogen (secondary N) is 1. The molecule has 174 valence electrons. The normalized spacial score (nSPS) is 11.3. The second kappa shape index (κ2) is 10.9. The molecule has 0 atom stereocenters.